The van der Waals surface area contributed by atoms with Crippen molar-refractivity contribution < 1.29 is 4.79 Å². The van der Waals surface area contributed by atoms with E-state index in [9.17, 15) is 4.79 Å². The minimum Gasteiger partial charge on any atom is -0.356 e. The number of unbranched alkanes of at least 4 members (excludes halogenated alkanes) is 2. The average molecular weight is 145 g/mol. The summed E-state index contributed by atoms with van der Waals surface area (Å²) in [5.74, 6) is 0.0751. The van der Waals surface area contributed by atoms with Crippen LogP contribution in [0.2, 0.25) is 0 Å². The number of rotatable bonds is 4. The van der Waals surface area contributed by atoms with Crippen LogP contribution in [-0.2, 0) is 4.79 Å². The molecule has 1 N–H and O–H groups in total. The Bertz CT molecular complexity index is 81.3. The topological polar surface area (TPSA) is 29.1 Å². The first-order valence-corrected chi connectivity index (χ1v) is 3.51. The van der Waals surface area contributed by atoms with Gasteiger partial charge in [0.25, 0.3) is 0 Å². The van der Waals surface area contributed by atoms with Crippen molar-refractivity contribution in [3.8, 4) is 0 Å². The molecule has 0 atom stereocenters. The van der Waals surface area contributed by atoms with Gasteiger partial charge in [0.1, 0.15) is 0 Å². The highest BCUT2D eigenvalue weighted by atomic mass is 16.1. The van der Waals surface area contributed by atoms with E-state index in [2.05, 4.69) is 12.2 Å². The van der Waals surface area contributed by atoms with Crippen LogP contribution in [0.4, 0.5) is 0 Å². The van der Waals surface area contributed by atoms with E-state index in [4.69, 9.17) is 0 Å². The summed E-state index contributed by atoms with van der Waals surface area (Å²) in [5.41, 5.74) is 0. The van der Waals surface area contributed by atoms with Gasteiger partial charge in [0.05, 0.1) is 0 Å². The van der Waals surface area contributed by atoms with Crippen molar-refractivity contribution in [2.24, 2.45) is 0 Å². The highest BCUT2D eigenvalue weighted by Gasteiger charge is 1.87. The van der Waals surface area contributed by atoms with Crippen molar-refractivity contribution in [3.63, 3.8) is 0 Å². The zero-order valence-corrected chi connectivity index (χ0v) is 6.24. The maximum absolute atomic E-state index is 10.3. The molecule has 0 fully saturated rings. The predicted octanol–water partition coefficient (Wildman–Crippen LogP) is 1.95. The molecule has 0 spiro atoms. The van der Waals surface area contributed by atoms with Gasteiger partial charge in [-0.2, -0.15) is 0 Å². The molecular weight excluding hydrogens is 126 g/mol. The van der Waals surface area contributed by atoms with Gasteiger partial charge < -0.3 is 5.32 Å². The maximum Gasteiger partial charge on any atom is 0.216 e. The molecule has 62 valence electrons. The fourth-order valence-corrected chi connectivity index (χ4v) is 0.639. The minimum absolute atomic E-state index is 0. The molecular formula is C8H19NO. The lowest BCUT2D eigenvalue weighted by molar-refractivity contribution is -0.118. The molecule has 0 heterocycles. The van der Waals surface area contributed by atoms with Gasteiger partial charge >= 0.3 is 0 Å². The molecule has 0 saturated heterocycles. The first-order chi connectivity index (χ1) is 4.27. The van der Waals surface area contributed by atoms with E-state index in [0.717, 1.165) is 13.0 Å². The molecule has 1 amide bonds. The van der Waals surface area contributed by atoms with Crippen LogP contribution < -0.4 is 5.32 Å². The minimum atomic E-state index is 0. The van der Waals surface area contributed by atoms with Crippen LogP contribution in [0.3, 0.4) is 0 Å². The standard InChI is InChI=1S/C7H15NO.CH4/c1-3-4-5-6-8-7(2)9;/h3-6H2,1-2H3,(H,8,9);1H4. The third kappa shape index (κ3) is 10.5. The monoisotopic (exact) mass is 145 g/mol. The van der Waals surface area contributed by atoms with Crippen molar-refractivity contribution in [3.05, 3.63) is 0 Å². The fourth-order valence-electron chi connectivity index (χ4n) is 0.639. The second kappa shape index (κ2) is 8.47. The first kappa shape index (κ1) is 12.2. The van der Waals surface area contributed by atoms with Crippen molar-refractivity contribution in [2.45, 2.75) is 40.5 Å². The fraction of sp³-hybridized carbons (Fsp3) is 0.875. The highest BCUT2D eigenvalue weighted by Crippen LogP contribution is 1.90. The molecule has 0 rings (SSSR count). The van der Waals surface area contributed by atoms with Crippen LogP contribution in [-0.4, -0.2) is 12.5 Å². The van der Waals surface area contributed by atoms with Gasteiger partial charge in [-0.05, 0) is 6.42 Å². The van der Waals surface area contributed by atoms with E-state index in [0.29, 0.717) is 0 Å². The Balaban J connectivity index is 0. The summed E-state index contributed by atoms with van der Waals surface area (Å²) in [5, 5.41) is 2.74. The van der Waals surface area contributed by atoms with Crippen LogP contribution in [0.25, 0.3) is 0 Å². The van der Waals surface area contributed by atoms with Gasteiger partial charge in [-0.15, -0.1) is 0 Å². The third-order valence-electron chi connectivity index (χ3n) is 1.15. The van der Waals surface area contributed by atoms with Crippen molar-refractivity contribution in [1.82, 2.24) is 5.32 Å². The summed E-state index contributed by atoms with van der Waals surface area (Å²) < 4.78 is 0. The largest absolute Gasteiger partial charge is 0.356 e. The van der Waals surface area contributed by atoms with E-state index in [1.54, 1.807) is 6.92 Å². The van der Waals surface area contributed by atoms with Crippen LogP contribution >= 0.6 is 0 Å². The smallest absolute Gasteiger partial charge is 0.216 e. The van der Waals surface area contributed by atoms with Crippen LogP contribution in [0.1, 0.15) is 40.5 Å². The van der Waals surface area contributed by atoms with E-state index >= 15 is 0 Å². The van der Waals surface area contributed by atoms with E-state index in [1.165, 1.54) is 12.8 Å². The zero-order chi connectivity index (χ0) is 7.11. The Morgan fingerprint density at radius 3 is 2.40 bits per heavy atom. The summed E-state index contributed by atoms with van der Waals surface area (Å²) in [6.07, 6.45) is 3.52. The van der Waals surface area contributed by atoms with Crippen LogP contribution in [0.5, 0.6) is 0 Å². The Hall–Kier alpha value is -0.530. The summed E-state index contributed by atoms with van der Waals surface area (Å²) >= 11 is 0. The Morgan fingerprint density at radius 2 is 2.00 bits per heavy atom. The van der Waals surface area contributed by atoms with Crippen molar-refractivity contribution in [1.29, 1.82) is 0 Å². The first-order valence-electron chi connectivity index (χ1n) is 3.51. The molecule has 2 heteroatoms. The van der Waals surface area contributed by atoms with E-state index in [1.807, 2.05) is 0 Å². The van der Waals surface area contributed by atoms with Gasteiger partial charge in [0.2, 0.25) is 5.91 Å². The molecule has 0 aliphatic carbocycles. The molecule has 2 nitrogen and oxygen atoms in total. The predicted molar refractivity (Wildman–Crippen MR) is 44.9 cm³/mol. The molecule has 0 aromatic rings. The molecule has 0 saturated carbocycles. The summed E-state index contributed by atoms with van der Waals surface area (Å²) in [7, 11) is 0. The summed E-state index contributed by atoms with van der Waals surface area (Å²) in [6.45, 7) is 4.53. The highest BCUT2D eigenvalue weighted by molar-refractivity contribution is 5.72. The van der Waals surface area contributed by atoms with Gasteiger partial charge in [-0.1, -0.05) is 27.2 Å². The molecule has 0 aliphatic heterocycles. The van der Waals surface area contributed by atoms with Crippen LogP contribution in [0, 0.1) is 0 Å². The lowest BCUT2D eigenvalue weighted by Crippen LogP contribution is -2.20. The van der Waals surface area contributed by atoms with E-state index < -0.39 is 0 Å². The molecule has 0 radical (unpaired) electrons. The van der Waals surface area contributed by atoms with Crippen LogP contribution in [0.15, 0.2) is 0 Å². The Kier molecular flexibility index (Phi) is 10.3. The molecule has 0 aromatic heterocycles. The second-order valence-electron chi connectivity index (χ2n) is 2.19. The van der Waals surface area contributed by atoms with Gasteiger partial charge in [0, 0.05) is 13.5 Å². The molecule has 0 aliphatic rings. The maximum atomic E-state index is 10.3. The zero-order valence-electron chi connectivity index (χ0n) is 6.24. The number of hydrogen-bond donors (Lipinski definition) is 1. The lowest BCUT2D eigenvalue weighted by Gasteiger charge is -1.98. The number of carbonyl (C=O) groups excluding carboxylic acids is 1. The van der Waals surface area contributed by atoms with Gasteiger partial charge in [-0.25, -0.2) is 0 Å². The lowest BCUT2D eigenvalue weighted by atomic mass is 10.2. The second-order valence-corrected chi connectivity index (χ2v) is 2.19. The molecule has 0 aromatic carbocycles. The average Bonchev–Trinajstić information content (AvgIpc) is 1.80. The number of hydrogen-bond acceptors (Lipinski definition) is 1. The summed E-state index contributed by atoms with van der Waals surface area (Å²) in [6, 6.07) is 0. The molecule has 0 bridgehead atoms. The molecule has 0 unspecified atom stereocenters. The van der Waals surface area contributed by atoms with Crippen molar-refractivity contribution >= 4 is 5.91 Å². The van der Waals surface area contributed by atoms with Crippen molar-refractivity contribution in [2.75, 3.05) is 6.54 Å². The quantitative estimate of drug-likeness (QED) is 0.602. The Labute approximate surface area is 64.0 Å². The van der Waals surface area contributed by atoms with E-state index in [-0.39, 0.29) is 13.3 Å². The number of amides is 1. The number of nitrogens with one attached hydrogen (secondary N) is 1. The van der Waals surface area contributed by atoms with Gasteiger partial charge in [0.15, 0.2) is 0 Å². The van der Waals surface area contributed by atoms with Gasteiger partial charge in [-0.3, -0.25) is 4.79 Å². The SMILES string of the molecule is C.CCCCCNC(C)=O. The third-order valence-corrected chi connectivity index (χ3v) is 1.15. The number of carbonyl (C=O) groups is 1. The normalized spacial score (nSPS) is 8.20. The Morgan fingerprint density at radius 1 is 1.40 bits per heavy atom. The molecule has 10 heavy (non-hydrogen) atoms. The summed E-state index contributed by atoms with van der Waals surface area (Å²) in [4.78, 5) is 10.3.